The normalized spacial score (nSPS) is 13.5. The third kappa shape index (κ3) is 48.6. The molecule has 0 saturated heterocycles. The summed E-state index contributed by atoms with van der Waals surface area (Å²) in [6.45, 7) is 4.17. The number of amides is 1. The molecule has 0 heterocycles. The van der Waals surface area contributed by atoms with Gasteiger partial charge < -0.3 is 15.5 Å². The van der Waals surface area contributed by atoms with E-state index in [-0.39, 0.29) is 12.5 Å². The summed E-state index contributed by atoms with van der Waals surface area (Å²) in [5.74, 6) is -0.0775. The molecule has 2 unspecified atom stereocenters. The van der Waals surface area contributed by atoms with Crippen molar-refractivity contribution in [3.63, 3.8) is 0 Å². The maximum absolute atomic E-state index is 12.4. The highest BCUT2D eigenvalue weighted by Crippen LogP contribution is 2.16. The average molecular weight is 862 g/mol. The molecule has 62 heavy (non-hydrogen) atoms. The first-order valence-corrected chi connectivity index (χ1v) is 26.8. The number of nitrogens with one attached hydrogen (secondary N) is 1. The Morgan fingerprint density at radius 3 is 1.13 bits per heavy atom. The lowest BCUT2D eigenvalue weighted by Gasteiger charge is -2.19. The molecule has 0 fully saturated rings. The summed E-state index contributed by atoms with van der Waals surface area (Å²) < 4.78 is 0. The number of rotatable bonds is 48. The molecular formula is C58H103NO3. The highest BCUT2D eigenvalue weighted by atomic mass is 16.3. The van der Waals surface area contributed by atoms with E-state index in [0.717, 1.165) is 64.2 Å². The van der Waals surface area contributed by atoms with Gasteiger partial charge in [0.05, 0.1) is 18.8 Å². The van der Waals surface area contributed by atoms with Crippen molar-refractivity contribution in [2.75, 3.05) is 6.61 Å². The van der Waals surface area contributed by atoms with Gasteiger partial charge in [-0.1, -0.05) is 253 Å². The van der Waals surface area contributed by atoms with E-state index in [9.17, 15) is 15.0 Å². The van der Waals surface area contributed by atoms with Crippen molar-refractivity contribution in [1.29, 1.82) is 0 Å². The number of allylic oxidation sites excluding steroid dienone is 13. The Hall–Kier alpha value is -2.43. The first-order chi connectivity index (χ1) is 30.7. The molecule has 3 N–H and O–H groups in total. The van der Waals surface area contributed by atoms with Gasteiger partial charge in [0.25, 0.3) is 0 Å². The van der Waals surface area contributed by atoms with Crippen LogP contribution in [-0.4, -0.2) is 34.9 Å². The number of aliphatic hydroxyl groups is 2. The van der Waals surface area contributed by atoms with Crippen LogP contribution in [0.4, 0.5) is 0 Å². The smallest absolute Gasteiger partial charge is 0.220 e. The number of unbranched alkanes of at least 4 members (excludes halogenated alkanes) is 29. The van der Waals surface area contributed by atoms with Crippen LogP contribution in [0.3, 0.4) is 0 Å². The maximum atomic E-state index is 12.4. The Kier molecular flexibility index (Phi) is 50.8. The molecule has 0 radical (unpaired) electrons. The maximum Gasteiger partial charge on any atom is 0.220 e. The number of carbonyl (C=O) groups is 1. The average Bonchev–Trinajstić information content (AvgIpc) is 3.28. The molecule has 0 aliphatic carbocycles. The number of aliphatic hydroxyl groups excluding tert-OH is 2. The SMILES string of the molecule is CC/C=C\C/C=C\C/C=C\C/C=C\CCCCCCCCCCCCCCCCCCCCCCCCC(=O)NC(CO)C(O)/C=C/CC/C=C/CC/C=C/CCCCCCC. The highest BCUT2D eigenvalue weighted by Gasteiger charge is 2.17. The predicted molar refractivity (Wildman–Crippen MR) is 276 cm³/mol. The van der Waals surface area contributed by atoms with E-state index >= 15 is 0 Å². The first-order valence-electron chi connectivity index (χ1n) is 26.8. The van der Waals surface area contributed by atoms with E-state index in [1.54, 1.807) is 6.08 Å². The Balaban J connectivity index is 3.48. The van der Waals surface area contributed by atoms with Crippen LogP contribution in [-0.2, 0) is 4.79 Å². The molecule has 358 valence electrons. The van der Waals surface area contributed by atoms with Crippen molar-refractivity contribution in [3.8, 4) is 0 Å². The molecule has 0 aliphatic heterocycles. The lowest BCUT2D eigenvalue weighted by Crippen LogP contribution is -2.45. The van der Waals surface area contributed by atoms with Gasteiger partial charge in [-0.2, -0.15) is 0 Å². The van der Waals surface area contributed by atoms with Crippen LogP contribution in [0.15, 0.2) is 85.1 Å². The zero-order valence-electron chi connectivity index (χ0n) is 41.1. The second kappa shape index (κ2) is 52.9. The molecule has 4 nitrogen and oxygen atoms in total. The minimum atomic E-state index is -0.871. The van der Waals surface area contributed by atoms with Crippen LogP contribution in [0.5, 0.6) is 0 Å². The fourth-order valence-corrected chi connectivity index (χ4v) is 7.79. The quantitative estimate of drug-likeness (QED) is 0.0422. The molecular weight excluding hydrogens is 759 g/mol. The molecule has 0 aromatic carbocycles. The molecule has 0 saturated carbocycles. The minimum absolute atomic E-state index is 0.0775. The molecule has 4 heteroatoms. The molecule has 2 atom stereocenters. The van der Waals surface area contributed by atoms with Crippen LogP contribution < -0.4 is 5.32 Å². The minimum Gasteiger partial charge on any atom is -0.394 e. The van der Waals surface area contributed by atoms with E-state index in [2.05, 4.69) is 92.1 Å². The number of hydrogen-bond acceptors (Lipinski definition) is 3. The summed E-state index contributed by atoms with van der Waals surface area (Å²) in [5, 5.41) is 23.0. The molecule has 0 rings (SSSR count). The zero-order chi connectivity index (χ0) is 44.9. The van der Waals surface area contributed by atoms with Crippen LogP contribution in [0.2, 0.25) is 0 Å². The van der Waals surface area contributed by atoms with Crippen molar-refractivity contribution < 1.29 is 15.0 Å². The fraction of sp³-hybridized carbons (Fsp3) is 0.741. The van der Waals surface area contributed by atoms with Gasteiger partial charge in [-0.25, -0.2) is 0 Å². The summed E-state index contributed by atoms with van der Waals surface area (Å²) in [6, 6.07) is -0.647. The summed E-state index contributed by atoms with van der Waals surface area (Å²) >= 11 is 0. The highest BCUT2D eigenvalue weighted by molar-refractivity contribution is 5.76. The van der Waals surface area contributed by atoms with E-state index in [0.29, 0.717) is 6.42 Å². The third-order valence-electron chi connectivity index (χ3n) is 11.8. The predicted octanol–water partition coefficient (Wildman–Crippen LogP) is 17.6. The molecule has 1 amide bonds. The van der Waals surface area contributed by atoms with E-state index in [4.69, 9.17) is 0 Å². The largest absolute Gasteiger partial charge is 0.394 e. The van der Waals surface area contributed by atoms with E-state index in [1.165, 1.54) is 173 Å². The van der Waals surface area contributed by atoms with Crippen molar-refractivity contribution in [2.45, 2.75) is 270 Å². The molecule has 0 bridgehead atoms. The van der Waals surface area contributed by atoms with E-state index in [1.807, 2.05) is 6.08 Å². The van der Waals surface area contributed by atoms with Crippen molar-refractivity contribution >= 4 is 5.91 Å². The van der Waals surface area contributed by atoms with Crippen LogP contribution in [0, 0.1) is 0 Å². The van der Waals surface area contributed by atoms with Crippen LogP contribution in [0.1, 0.15) is 258 Å². The second-order valence-corrected chi connectivity index (χ2v) is 17.9. The fourth-order valence-electron chi connectivity index (χ4n) is 7.79. The Bertz CT molecular complexity index is 1110. The van der Waals surface area contributed by atoms with Gasteiger partial charge in [-0.05, 0) is 83.5 Å². The van der Waals surface area contributed by atoms with Crippen LogP contribution in [0.25, 0.3) is 0 Å². The molecule has 0 spiro atoms. The van der Waals surface area contributed by atoms with Gasteiger partial charge in [0.15, 0.2) is 0 Å². The second-order valence-electron chi connectivity index (χ2n) is 17.9. The first kappa shape index (κ1) is 59.6. The van der Waals surface area contributed by atoms with Gasteiger partial charge in [0, 0.05) is 6.42 Å². The number of carbonyl (C=O) groups excluding carboxylic acids is 1. The Labute approximate surface area is 386 Å². The molecule has 0 aromatic heterocycles. The monoisotopic (exact) mass is 862 g/mol. The summed E-state index contributed by atoms with van der Waals surface area (Å²) in [7, 11) is 0. The van der Waals surface area contributed by atoms with Crippen molar-refractivity contribution in [1.82, 2.24) is 5.32 Å². The topological polar surface area (TPSA) is 69.6 Å². The Morgan fingerprint density at radius 2 is 0.726 bits per heavy atom. The zero-order valence-corrected chi connectivity index (χ0v) is 41.1. The van der Waals surface area contributed by atoms with Gasteiger partial charge in [-0.15, -0.1) is 0 Å². The van der Waals surface area contributed by atoms with Crippen molar-refractivity contribution in [3.05, 3.63) is 85.1 Å². The number of hydrogen-bond donors (Lipinski definition) is 3. The Morgan fingerprint density at radius 1 is 0.403 bits per heavy atom. The van der Waals surface area contributed by atoms with Gasteiger partial charge in [-0.3, -0.25) is 4.79 Å². The van der Waals surface area contributed by atoms with Crippen LogP contribution >= 0.6 is 0 Å². The molecule has 0 aliphatic rings. The summed E-state index contributed by atoms with van der Waals surface area (Å²) in [4.78, 5) is 12.4. The van der Waals surface area contributed by atoms with E-state index < -0.39 is 12.1 Å². The standard InChI is InChI=1S/C58H103NO3/c1-3-5-7-9-11-13-15-17-19-20-21-22-23-24-25-26-27-28-29-30-31-32-33-34-35-36-37-38-40-42-44-46-48-50-52-54-58(62)59-56(55-60)57(61)53-51-49-47-45-43-41-39-18-16-14-12-10-8-6-4-2/h5,7,11,13,16-19,21-22,43,45,51,53,56-57,60-61H,3-4,6,8-10,12,14-15,20,23-42,44,46-50,52,54-55H2,1-2H3,(H,59,62)/b7-5-,13-11-,18-16+,19-17-,22-21-,45-43+,53-51+. The van der Waals surface area contributed by atoms with Gasteiger partial charge >= 0.3 is 0 Å². The molecule has 0 aromatic rings. The third-order valence-corrected chi connectivity index (χ3v) is 11.8. The van der Waals surface area contributed by atoms with Gasteiger partial charge in [0.1, 0.15) is 0 Å². The summed E-state index contributed by atoms with van der Waals surface area (Å²) in [6.07, 6.45) is 77.4. The van der Waals surface area contributed by atoms with Gasteiger partial charge in [0.2, 0.25) is 5.91 Å². The lowest BCUT2D eigenvalue weighted by atomic mass is 10.0. The summed E-state index contributed by atoms with van der Waals surface area (Å²) in [5.41, 5.74) is 0. The lowest BCUT2D eigenvalue weighted by molar-refractivity contribution is -0.123. The van der Waals surface area contributed by atoms with Crippen molar-refractivity contribution in [2.24, 2.45) is 0 Å².